The van der Waals surface area contributed by atoms with Crippen LogP contribution in [0.3, 0.4) is 0 Å². The van der Waals surface area contributed by atoms with Gasteiger partial charge in [-0.2, -0.15) is 0 Å². The van der Waals surface area contributed by atoms with Gasteiger partial charge < -0.3 is 9.53 Å². The fraction of sp³-hybridized carbons (Fsp3) is 0.583. The normalized spacial score (nSPS) is 48.9. The van der Waals surface area contributed by atoms with Gasteiger partial charge in [0, 0.05) is 6.61 Å². The molecule has 1 spiro atoms. The molecule has 14 heavy (non-hydrogen) atoms. The fourth-order valence-electron chi connectivity index (χ4n) is 3.22. The second-order valence-corrected chi connectivity index (χ2v) is 4.57. The Morgan fingerprint density at radius 1 is 1.57 bits per heavy atom. The van der Waals surface area contributed by atoms with E-state index in [0.29, 0.717) is 5.92 Å². The number of rotatable bonds is 1. The van der Waals surface area contributed by atoms with Gasteiger partial charge in [-0.25, -0.2) is 0 Å². The lowest BCUT2D eigenvalue weighted by molar-refractivity contribution is -0.130. The van der Waals surface area contributed by atoms with Crippen LogP contribution in [-0.2, 0) is 9.53 Å². The molecule has 0 bridgehead atoms. The summed E-state index contributed by atoms with van der Waals surface area (Å²) in [6.45, 7) is 2.84. The summed E-state index contributed by atoms with van der Waals surface area (Å²) in [4.78, 5) is 11.3. The van der Waals surface area contributed by atoms with E-state index in [9.17, 15) is 4.79 Å². The smallest absolute Gasteiger partial charge is 0.137 e. The average molecular weight is 190 g/mol. The van der Waals surface area contributed by atoms with Gasteiger partial charge in [-0.3, -0.25) is 0 Å². The third-order valence-corrected chi connectivity index (χ3v) is 4.20. The maximum Gasteiger partial charge on any atom is 0.137 e. The maximum absolute atomic E-state index is 11.3. The Morgan fingerprint density at radius 2 is 2.43 bits per heavy atom. The van der Waals surface area contributed by atoms with Gasteiger partial charge in [0.15, 0.2) is 0 Å². The molecular weight excluding hydrogens is 176 g/mol. The van der Waals surface area contributed by atoms with Crippen molar-refractivity contribution in [3.8, 4) is 0 Å². The number of allylic oxidation sites excluding steroid dienone is 1. The van der Waals surface area contributed by atoms with E-state index >= 15 is 0 Å². The van der Waals surface area contributed by atoms with Crippen LogP contribution in [0.4, 0.5) is 0 Å². The summed E-state index contributed by atoms with van der Waals surface area (Å²) in [5.41, 5.74) is 0.466. The molecule has 0 radical (unpaired) electrons. The first kappa shape index (κ1) is 8.42. The first-order valence-corrected chi connectivity index (χ1v) is 5.23. The van der Waals surface area contributed by atoms with Crippen LogP contribution in [0.15, 0.2) is 23.8 Å². The van der Waals surface area contributed by atoms with E-state index < -0.39 is 5.41 Å². The molecule has 1 aliphatic heterocycles. The quantitative estimate of drug-likeness (QED) is 0.466. The molecule has 3 atom stereocenters. The van der Waals surface area contributed by atoms with Gasteiger partial charge in [-0.15, -0.1) is 0 Å². The second-order valence-electron chi connectivity index (χ2n) is 4.57. The van der Waals surface area contributed by atoms with Gasteiger partial charge in [-0.1, -0.05) is 23.8 Å². The third kappa shape index (κ3) is 0.640. The van der Waals surface area contributed by atoms with E-state index in [-0.39, 0.29) is 5.60 Å². The van der Waals surface area contributed by atoms with Crippen LogP contribution in [0.5, 0.6) is 0 Å². The maximum atomic E-state index is 11.3. The van der Waals surface area contributed by atoms with Gasteiger partial charge in [0.25, 0.3) is 0 Å². The molecule has 0 aromatic heterocycles. The number of carbonyl (C=O) groups excluding carboxylic acids is 1. The molecule has 3 aliphatic rings. The molecule has 0 N–H and O–H groups in total. The Balaban J connectivity index is 2.17. The Hall–Kier alpha value is -0.890. The van der Waals surface area contributed by atoms with Gasteiger partial charge in [-0.05, 0) is 25.7 Å². The summed E-state index contributed by atoms with van der Waals surface area (Å²) in [6, 6.07) is 0. The summed E-state index contributed by atoms with van der Waals surface area (Å²) < 4.78 is 5.85. The summed E-state index contributed by atoms with van der Waals surface area (Å²) in [5.74, 6) is 0.515. The molecule has 74 valence electrons. The number of carbonyl (C=O) groups is 1. The SMILES string of the molecule is CC1=CCC2CCOC23C=CC13C=O. The molecule has 0 saturated carbocycles. The number of hydrogen-bond acceptors (Lipinski definition) is 2. The lowest BCUT2D eigenvalue weighted by Crippen LogP contribution is -2.58. The molecule has 3 unspecified atom stereocenters. The third-order valence-electron chi connectivity index (χ3n) is 4.20. The van der Waals surface area contributed by atoms with E-state index in [1.54, 1.807) is 0 Å². The minimum Gasteiger partial charge on any atom is -0.369 e. The van der Waals surface area contributed by atoms with E-state index in [2.05, 4.69) is 12.2 Å². The average Bonchev–Trinajstić information content (AvgIpc) is 2.59. The van der Waals surface area contributed by atoms with Crippen molar-refractivity contribution >= 4 is 6.29 Å². The summed E-state index contributed by atoms with van der Waals surface area (Å²) in [7, 11) is 0. The van der Waals surface area contributed by atoms with Crippen LogP contribution in [0.2, 0.25) is 0 Å². The van der Waals surface area contributed by atoms with Crippen molar-refractivity contribution in [1.82, 2.24) is 0 Å². The largest absolute Gasteiger partial charge is 0.369 e. The summed E-state index contributed by atoms with van der Waals surface area (Å²) in [6.07, 6.45) is 9.51. The highest BCUT2D eigenvalue weighted by molar-refractivity contribution is 5.76. The minimum atomic E-state index is -0.424. The molecule has 3 rings (SSSR count). The van der Waals surface area contributed by atoms with E-state index in [1.165, 1.54) is 0 Å². The Bertz CT molecular complexity index is 355. The first-order chi connectivity index (χ1) is 6.75. The number of aldehydes is 1. The zero-order valence-electron chi connectivity index (χ0n) is 8.32. The predicted molar refractivity (Wildman–Crippen MR) is 52.8 cm³/mol. The minimum absolute atomic E-state index is 0.270. The van der Waals surface area contributed by atoms with Crippen LogP contribution in [0.25, 0.3) is 0 Å². The molecular formula is C12H14O2. The second kappa shape index (κ2) is 2.37. The van der Waals surface area contributed by atoms with Crippen molar-refractivity contribution in [2.24, 2.45) is 11.3 Å². The van der Waals surface area contributed by atoms with Gasteiger partial charge in [0.2, 0.25) is 0 Å². The Morgan fingerprint density at radius 3 is 3.07 bits per heavy atom. The molecule has 1 fully saturated rings. The lowest BCUT2D eigenvalue weighted by atomic mass is 9.53. The predicted octanol–water partition coefficient (Wildman–Crippen LogP) is 1.87. The van der Waals surface area contributed by atoms with Crippen LogP contribution in [-0.4, -0.2) is 18.5 Å². The molecule has 0 amide bonds. The molecule has 1 saturated heterocycles. The summed E-state index contributed by atoms with van der Waals surface area (Å²) >= 11 is 0. The van der Waals surface area contributed by atoms with Crippen LogP contribution in [0, 0.1) is 11.3 Å². The highest BCUT2D eigenvalue weighted by atomic mass is 16.5. The fourth-order valence-corrected chi connectivity index (χ4v) is 3.22. The summed E-state index contributed by atoms with van der Waals surface area (Å²) in [5, 5.41) is 0. The van der Waals surface area contributed by atoms with Crippen molar-refractivity contribution < 1.29 is 9.53 Å². The number of ether oxygens (including phenoxy) is 1. The van der Waals surface area contributed by atoms with Crippen molar-refractivity contribution in [3.05, 3.63) is 23.8 Å². The molecule has 0 aromatic rings. The Labute approximate surface area is 83.6 Å². The molecule has 2 nitrogen and oxygen atoms in total. The zero-order valence-corrected chi connectivity index (χ0v) is 8.32. The highest BCUT2D eigenvalue weighted by Crippen LogP contribution is 2.60. The van der Waals surface area contributed by atoms with Gasteiger partial charge >= 0.3 is 0 Å². The van der Waals surface area contributed by atoms with Crippen LogP contribution < -0.4 is 0 Å². The highest BCUT2D eigenvalue weighted by Gasteiger charge is 2.63. The molecule has 1 heterocycles. The molecule has 2 heteroatoms. The van der Waals surface area contributed by atoms with Gasteiger partial charge in [0.1, 0.15) is 11.9 Å². The molecule has 0 aromatic carbocycles. The van der Waals surface area contributed by atoms with Crippen molar-refractivity contribution in [2.75, 3.05) is 6.61 Å². The first-order valence-electron chi connectivity index (χ1n) is 5.23. The molecule has 2 aliphatic carbocycles. The van der Waals surface area contributed by atoms with Crippen LogP contribution >= 0.6 is 0 Å². The standard InChI is InChI=1S/C12H14O2/c1-9-2-3-10-4-7-14-12(10)6-5-11(9,12)8-13/h2,5-6,8,10H,3-4,7H2,1H3. The lowest BCUT2D eigenvalue weighted by Gasteiger charge is -2.53. The van der Waals surface area contributed by atoms with E-state index in [1.807, 2.05) is 13.0 Å². The topological polar surface area (TPSA) is 26.3 Å². The monoisotopic (exact) mass is 190 g/mol. The zero-order chi connectivity index (χ0) is 9.81. The van der Waals surface area contributed by atoms with E-state index in [0.717, 1.165) is 31.3 Å². The van der Waals surface area contributed by atoms with Crippen molar-refractivity contribution in [3.63, 3.8) is 0 Å². The van der Waals surface area contributed by atoms with Gasteiger partial charge in [0.05, 0.1) is 5.41 Å². The van der Waals surface area contributed by atoms with Crippen LogP contribution in [0.1, 0.15) is 19.8 Å². The van der Waals surface area contributed by atoms with Crippen molar-refractivity contribution in [1.29, 1.82) is 0 Å². The van der Waals surface area contributed by atoms with E-state index in [4.69, 9.17) is 4.74 Å². The van der Waals surface area contributed by atoms with Crippen molar-refractivity contribution in [2.45, 2.75) is 25.4 Å². The number of hydrogen-bond donors (Lipinski definition) is 0. The Kier molecular flexibility index (Phi) is 1.43.